The number of halogens is 3. The smallest absolute Gasteiger partial charge is 0.343 e. The summed E-state index contributed by atoms with van der Waals surface area (Å²) in [6, 6.07) is 4.08. The van der Waals surface area contributed by atoms with Crippen LogP contribution >= 0.6 is 11.5 Å². The second-order valence-corrected chi connectivity index (χ2v) is 6.33. The third kappa shape index (κ3) is 4.19. The Balaban J connectivity index is 1.54. The van der Waals surface area contributed by atoms with Gasteiger partial charge in [0.15, 0.2) is 0 Å². The van der Waals surface area contributed by atoms with Crippen LogP contribution in [0.15, 0.2) is 24.3 Å². The van der Waals surface area contributed by atoms with Crippen molar-refractivity contribution in [3.05, 3.63) is 35.7 Å². The molecule has 0 radical (unpaired) electrons. The zero-order valence-electron chi connectivity index (χ0n) is 13.4. The molecule has 0 aliphatic carbocycles. The number of benzene rings is 1. The number of aryl methyl sites for hydroxylation is 1. The first-order chi connectivity index (χ1) is 11.8. The molecule has 6 nitrogen and oxygen atoms in total. The molecule has 2 heterocycles. The number of carbonyl (C=O) groups is 1. The molecule has 0 spiro atoms. The van der Waals surface area contributed by atoms with Crippen LogP contribution in [0.5, 0.6) is 0 Å². The van der Waals surface area contributed by atoms with Gasteiger partial charge < -0.3 is 15.1 Å². The molecule has 3 rings (SSSR count). The molecule has 2 aromatic rings. The summed E-state index contributed by atoms with van der Waals surface area (Å²) >= 11 is 1.33. The van der Waals surface area contributed by atoms with Crippen LogP contribution in [0.1, 0.15) is 11.4 Å². The van der Waals surface area contributed by atoms with Crippen molar-refractivity contribution in [2.75, 3.05) is 36.4 Å². The van der Waals surface area contributed by atoms with E-state index in [-0.39, 0.29) is 6.03 Å². The lowest BCUT2D eigenvalue weighted by Gasteiger charge is -2.34. The lowest BCUT2D eigenvalue weighted by Crippen LogP contribution is -2.50. The van der Waals surface area contributed by atoms with Gasteiger partial charge in [0.05, 0.1) is 5.56 Å². The van der Waals surface area contributed by atoms with E-state index >= 15 is 0 Å². The van der Waals surface area contributed by atoms with Crippen LogP contribution in [-0.2, 0) is 6.18 Å². The number of anilines is 2. The molecular formula is C15H16F3N5OS. The van der Waals surface area contributed by atoms with Gasteiger partial charge in [-0.25, -0.2) is 9.78 Å². The first kappa shape index (κ1) is 17.5. The van der Waals surface area contributed by atoms with Gasteiger partial charge in [-0.15, -0.1) is 0 Å². The minimum atomic E-state index is -4.39. The Morgan fingerprint density at radius 3 is 2.32 bits per heavy atom. The molecule has 10 heteroatoms. The van der Waals surface area contributed by atoms with E-state index in [2.05, 4.69) is 19.6 Å². The van der Waals surface area contributed by atoms with Crippen molar-refractivity contribution in [3.63, 3.8) is 0 Å². The minimum Gasteiger partial charge on any atom is -0.343 e. The van der Waals surface area contributed by atoms with Gasteiger partial charge in [0.1, 0.15) is 5.82 Å². The van der Waals surface area contributed by atoms with E-state index in [4.69, 9.17) is 0 Å². The molecule has 1 N–H and O–H groups in total. The van der Waals surface area contributed by atoms with E-state index < -0.39 is 11.7 Å². The van der Waals surface area contributed by atoms with Crippen LogP contribution in [0.4, 0.5) is 28.8 Å². The van der Waals surface area contributed by atoms with Gasteiger partial charge in [-0.1, -0.05) is 0 Å². The van der Waals surface area contributed by atoms with Gasteiger partial charge in [0.25, 0.3) is 0 Å². The minimum absolute atomic E-state index is 0.326. The van der Waals surface area contributed by atoms with E-state index in [0.29, 0.717) is 31.9 Å². The third-order valence-electron chi connectivity index (χ3n) is 3.82. The number of rotatable bonds is 2. The van der Waals surface area contributed by atoms with E-state index in [9.17, 15) is 18.0 Å². The van der Waals surface area contributed by atoms with E-state index in [0.717, 1.165) is 23.1 Å². The fraction of sp³-hybridized carbons (Fsp3) is 0.400. The van der Waals surface area contributed by atoms with Crippen molar-refractivity contribution >= 4 is 28.4 Å². The highest BCUT2D eigenvalue weighted by molar-refractivity contribution is 7.09. The van der Waals surface area contributed by atoms with Crippen LogP contribution < -0.4 is 10.2 Å². The molecule has 1 aromatic heterocycles. The van der Waals surface area contributed by atoms with Crippen molar-refractivity contribution in [2.24, 2.45) is 0 Å². The molecule has 1 aliphatic rings. The molecule has 0 unspecified atom stereocenters. The number of aromatic nitrogens is 2. The number of amides is 2. The van der Waals surface area contributed by atoms with Gasteiger partial charge in [0, 0.05) is 43.4 Å². The summed E-state index contributed by atoms with van der Waals surface area (Å²) < 4.78 is 41.8. The van der Waals surface area contributed by atoms with Crippen molar-refractivity contribution in [3.8, 4) is 0 Å². The highest BCUT2D eigenvalue weighted by atomic mass is 32.1. The second kappa shape index (κ2) is 6.87. The fourth-order valence-electron chi connectivity index (χ4n) is 2.46. The molecule has 25 heavy (non-hydrogen) atoms. The molecule has 1 fully saturated rings. The third-order valence-corrected chi connectivity index (χ3v) is 4.69. The number of nitrogens with one attached hydrogen (secondary N) is 1. The van der Waals surface area contributed by atoms with E-state index in [1.807, 2.05) is 6.92 Å². The van der Waals surface area contributed by atoms with Gasteiger partial charge in [-0.05, 0) is 31.2 Å². The summed E-state index contributed by atoms with van der Waals surface area (Å²) in [6.45, 7) is 4.11. The summed E-state index contributed by atoms with van der Waals surface area (Å²) in [6.07, 6.45) is -4.39. The highest BCUT2D eigenvalue weighted by Crippen LogP contribution is 2.29. The van der Waals surface area contributed by atoms with Gasteiger partial charge in [0.2, 0.25) is 5.13 Å². The summed E-state index contributed by atoms with van der Waals surface area (Å²) in [5.74, 6) is 0.725. The first-order valence-corrected chi connectivity index (χ1v) is 8.39. The maximum atomic E-state index is 12.5. The van der Waals surface area contributed by atoms with Crippen LogP contribution in [0.3, 0.4) is 0 Å². The first-order valence-electron chi connectivity index (χ1n) is 7.61. The molecule has 1 aromatic carbocycles. The lowest BCUT2D eigenvalue weighted by atomic mass is 10.2. The van der Waals surface area contributed by atoms with Crippen molar-refractivity contribution < 1.29 is 18.0 Å². The molecule has 1 saturated heterocycles. The SMILES string of the molecule is Cc1nsc(N2CCN(C(=O)Nc3ccc(C(F)(F)F)cc3)CC2)n1. The predicted molar refractivity (Wildman–Crippen MR) is 88.9 cm³/mol. The average molecular weight is 371 g/mol. The molecule has 134 valence electrons. The Kier molecular flexibility index (Phi) is 4.80. The Hall–Kier alpha value is -2.36. The molecular weight excluding hydrogens is 355 g/mol. The number of piperazine rings is 1. The Bertz CT molecular complexity index is 738. The van der Waals surface area contributed by atoms with Crippen LogP contribution in [0.25, 0.3) is 0 Å². The summed E-state index contributed by atoms with van der Waals surface area (Å²) in [5.41, 5.74) is -0.411. The Morgan fingerprint density at radius 2 is 1.80 bits per heavy atom. The van der Waals surface area contributed by atoms with Crippen LogP contribution in [-0.4, -0.2) is 46.5 Å². The Morgan fingerprint density at radius 1 is 1.16 bits per heavy atom. The zero-order valence-corrected chi connectivity index (χ0v) is 14.2. The van der Waals surface area contributed by atoms with E-state index in [1.165, 1.54) is 23.7 Å². The Labute approximate surface area is 146 Å². The monoisotopic (exact) mass is 371 g/mol. The summed E-state index contributed by atoms with van der Waals surface area (Å²) in [7, 11) is 0. The van der Waals surface area contributed by atoms with Crippen molar-refractivity contribution in [1.29, 1.82) is 0 Å². The van der Waals surface area contributed by atoms with Crippen LogP contribution in [0, 0.1) is 6.92 Å². The normalized spacial score (nSPS) is 15.4. The number of hydrogen-bond acceptors (Lipinski definition) is 5. The summed E-state index contributed by atoms with van der Waals surface area (Å²) in [5, 5.41) is 3.46. The van der Waals surface area contributed by atoms with Gasteiger partial charge >= 0.3 is 12.2 Å². The number of carbonyl (C=O) groups excluding carboxylic acids is 1. The molecule has 1 aliphatic heterocycles. The predicted octanol–water partition coefficient (Wildman–Crippen LogP) is 3.22. The molecule has 0 saturated carbocycles. The standard InChI is InChI=1S/C15H16F3N5OS/c1-10-19-14(25-21-10)23-8-6-22(7-9-23)13(24)20-12-4-2-11(3-5-12)15(16,17)18/h2-5H,6-9H2,1H3,(H,20,24). The zero-order chi connectivity index (χ0) is 18.0. The summed E-state index contributed by atoms with van der Waals surface area (Å²) in [4.78, 5) is 20.3. The van der Waals surface area contributed by atoms with Gasteiger partial charge in [-0.2, -0.15) is 17.5 Å². The largest absolute Gasteiger partial charge is 0.416 e. The van der Waals surface area contributed by atoms with Crippen molar-refractivity contribution in [2.45, 2.75) is 13.1 Å². The quantitative estimate of drug-likeness (QED) is 0.881. The second-order valence-electron chi connectivity index (χ2n) is 5.60. The molecule has 0 atom stereocenters. The fourth-order valence-corrected chi connectivity index (χ4v) is 3.19. The van der Waals surface area contributed by atoms with Crippen molar-refractivity contribution in [1.82, 2.24) is 14.3 Å². The highest BCUT2D eigenvalue weighted by Gasteiger charge is 2.30. The topological polar surface area (TPSA) is 61.4 Å². The van der Waals surface area contributed by atoms with E-state index in [1.54, 1.807) is 4.90 Å². The number of urea groups is 1. The number of hydrogen-bond donors (Lipinski definition) is 1. The van der Waals surface area contributed by atoms with Gasteiger partial charge in [-0.3, -0.25) is 0 Å². The maximum absolute atomic E-state index is 12.5. The maximum Gasteiger partial charge on any atom is 0.416 e. The molecule has 0 bridgehead atoms. The number of alkyl halides is 3. The number of nitrogens with zero attached hydrogens (tertiary/aromatic N) is 4. The molecule has 2 amide bonds. The van der Waals surface area contributed by atoms with Crippen LogP contribution in [0.2, 0.25) is 0 Å². The lowest BCUT2D eigenvalue weighted by molar-refractivity contribution is -0.137. The average Bonchev–Trinajstić information content (AvgIpc) is 3.01.